The highest BCUT2D eigenvalue weighted by Gasteiger charge is 2.12. The van der Waals surface area contributed by atoms with E-state index in [-0.39, 0.29) is 12.5 Å². The molecule has 0 N–H and O–H groups in total. The third-order valence-corrected chi connectivity index (χ3v) is 1.83. The van der Waals surface area contributed by atoms with E-state index in [1.807, 2.05) is 6.92 Å². The standard InChI is InChI=1S/C10H19NO4/c1-4-6-15-7-5-9(12)11(2)8-10(13)14-3/h4-8H2,1-3H3. The van der Waals surface area contributed by atoms with Crippen molar-refractivity contribution in [3.8, 4) is 0 Å². The summed E-state index contributed by atoms with van der Waals surface area (Å²) >= 11 is 0. The lowest BCUT2D eigenvalue weighted by Gasteiger charge is -2.15. The van der Waals surface area contributed by atoms with Crippen LogP contribution in [0.3, 0.4) is 0 Å². The molecular formula is C10H19NO4. The van der Waals surface area contributed by atoms with Crippen molar-refractivity contribution in [2.75, 3.05) is 33.9 Å². The van der Waals surface area contributed by atoms with E-state index in [9.17, 15) is 9.59 Å². The lowest BCUT2D eigenvalue weighted by Crippen LogP contribution is -2.33. The average molecular weight is 217 g/mol. The highest BCUT2D eigenvalue weighted by Crippen LogP contribution is 1.93. The molecule has 0 radical (unpaired) electrons. The molecule has 0 saturated carbocycles. The summed E-state index contributed by atoms with van der Waals surface area (Å²) in [6.45, 7) is 3.06. The number of nitrogens with zero attached hydrogens (tertiary/aromatic N) is 1. The van der Waals surface area contributed by atoms with Crippen molar-refractivity contribution in [1.29, 1.82) is 0 Å². The van der Waals surface area contributed by atoms with Crippen LogP contribution in [0.5, 0.6) is 0 Å². The molecule has 1 amide bonds. The first-order chi connectivity index (χ1) is 7.11. The molecule has 0 rings (SSSR count). The van der Waals surface area contributed by atoms with E-state index in [0.717, 1.165) is 6.42 Å². The molecule has 0 heterocycles. The highest BCUT2D eigenvalue weighted by atomic mass is 16.5. The van der Waals surface area contributed by atoms with Crippen molar-refractivity contribution < 1.29 is 19.1 Å². The van der Waals surface area contributed by atoms with Gasteiger partial charge in [0.15, 0.2) is 0 Å². The average Bonchev–Trinajstić information content (AvgIpc) is 2.23. The summed E-state index contributed by atoms with van der Waals surface area (Å²) < 4.78 is 9.62. The topological polar surface area (TPSA) is 55.8 Å². The van der Waals surface area contributed by atoms with Crippen LogP contribution in [-0.2, 0) is 19.1 Å². The fraction of sp³-hybridized carbons (Fsp3) is 0.800. The summed E-state index contributed by atoms with van der Waals surface area (Å²) in [5, 5.41) is 0. The van der Waals surface area contributed by atoms with Crippen LogP contribution < -0.4 is 0 Å². The third-order valence-electron chi connectivity index (χ3n) is 1.83. The number of carbonyl (C=O) groups is 2. The number of likely N-dealkylation sites (N-methyl/N-ethyl adjacent to an activating group) is 1. The van der Waals surface area contributed by atoms with Crippen LogP contribution in [0.25, 0.3) is 0 Å². The minimum absolute atomic E-state index is 0.0108. The number of hydrogen-bond donors (Lipinski definition) is 0. The number of esters is 1. The molecule has 0 unspecified atom stereocenters. The fourth-order valence-corrected chi connectivity index (χ4v) is 0.943. The Morgan fingerprint density at radius 3 is 2.47 bits per heavy atom. The number of hydrogen-bond acceptors (Lipinski definition) is 4. The smallest absolute Gasteiger partial charge is 0.325 e. The van der Waals surface area contributed by atoms with Crippen LogP contribution >= 0.6 is 0 Å². The Hall–Kier alpha value is -1.10. The number of ether oxygens (including phenoxy) is 2. The maximum Gasteiger partial charge on any atom is 0.325 e. The summed E-state index contributed by atoms with van der Waals surface area (Å²) in [6.07, 6.45) is 1.24. The molecule has 88 valence electrons. The van der Waals surface area contributed by atoms with Crippen LogP contribution in [0.15, 0.2) is 0 Å². The molecule has 0 atom stereocenters. The lowest BCUT2D eigenvalue weighted by molar-refractivity contribution is -0.146. The van der Waals surface area contributed by atoms with Gasteiger partial charge in [-0.3, -0.25) is 9.59 Å². The van der Waals surface area contributed by atoms with Gasteiger partial charge >= 0.3 is 5.97 Å². The molecule has 5 heteroatoms. The maximum atomic E-state index is 11.4. The number of methoxy groups -OCH3 is 1. The van der Waals surface area contributed by atoms with E-state index in [2.05, 4.69) is 4.74 Å². The summed E-state index contributed by atoms with van der Waals surface area (Å²) in [5.74, 6) is -0.531. The Morgan fingerprint density at radius 1 is 1.27 bits per heavy atom. The predicted molar refractivity (Wildman–Crippen MR) is 55.4 cm³/mol. The van der Waals surface area contributed by atoms with Crippen molar-refractivity contribution >= 4 is 11.9 Å². The molecule has 0 bridgehead atoms. The molecule has 15 heavy (non-hydrogen) atoms. The summed E-state index contributed by atoms with van der Waals surface area (Å²) in [4.78, 5) is 23.6. The van der Waals surface area contributed by atoms with E-state index in [4.69, 9.17) is 4.74 Å². The van der Waals surface area contributed by atoms with Gasteiger partial charge in [0.1, 0.15) is 6.54 Å². The SMILES string of the molecule is CCCOCCC(=O)N(C)CC(=O)OC. The van der Waals surface area contributed by atoms with E-state index in [1.165, 1.54) is 12.0 Å². The Kier molecular flexibility index (Phi) is 7.62. The van der Waals surface area contributed by atoms with E-state index >= 15 is 0 Å². The monoisotopic (exact) mass is 217 g/mol. The zero-order chi connectivity index (χ0) is 11.7. The minimum atomic E-state index is -0.416. The predicted octanol–water partition coefficient (Wildman–Crippen LogP) is 0.434. The number of carbonyl (C=O) groups excluding carboxylic acids is 2. The maximum absolute atomic E-state index is 11.4. The Labute approximate surface area is 90.3 Å². The fourth-order valence-electron chi connectivity index (χ4n) is 0.943. The third kappa shape index (κ3) is 6.90. The first-order valence-corrected chi connectivity index (χ1v) is 5.00. The second-order valence-electron chi connectivity index (χ2n) is 3.19. The van der Waals surface area contributed by atoms with Gasteiger partial charge < -0.3 is 14.4 Å². The zero-order valence-electron chi connectivity index (χ0n) is 9.62. The van der Waals surface area contributed by atoms with Gasteiger partial charge in [-0.25, -0.2) is 0 Å². The molecule has 0 aliphatic heterocycles. The van der Waals surface area contributed by atoms with E-state index in [0.29, 0.717) is 19.6 Å². The van der Waals surface area contributed by atoms with Gasteiger partial charge in [-0.15, -0.1) is 0 Å². The van der Waals surface area contributed by atoms with Gasteiger partial charge in [-0.1, -0.05) is 6.92 Å². The van der Waals surface area contributed by atoms with Gasteiger partial charge in [-0.05, 0) is 6.42 Å². The Balaban J connectivity index is 3.64. The van der Waals surface area contributed by atoms with E-state index < -0.39 is 5.97 Å². The molecular weight excluding hydrogens is 198 g/mol. The number of rotatable bonds is 7. The highest BCUT2D eigenvalue weighted by molar-refractivity contribution is 5.81. The van der Waals surface area contributed by atoms with Crippen molar-refractivity contribution in [3.63, 3.8) is 0 Å². The molecule has 0 aromatic rings. The van der Waals surface area contributed by atoms with Gasteiger partial charge in [0, 0.05) is 13.7 Å². The van der Waals surface area contributed by atoms with Gasteiger partial charge in [0.25, 0.3) is 0 Å². The first-order valence-electron chi connectivity index (χ1n) is 5.00. The summed E-state index contributed by atoms with van der Waals surface area (Å²) in [5.41, 5.74) is 0. The van der Waals surface area contributed by atoms with Crippen molar-refractivity contribution in [2.24, 2.45) is 0 Å². The quantitative estimate of drug-likeness (QED) is 0.458. The zero-order valence-corrected chi connectivity index (χ0v) is 9.62. The van der Waals surface area contributed by atoms with Crippen molar-refractivity contribution in [3.05, 3.63) is 0 Å². The Morgan fingerprint density at radius 2 is 1.93 bits per heavy atom. The molecule has 0 aromatic carbocycles. The van der Waals surface area contributed by atoms with Crippen molar-refractivity contribution in [2.45, 2.75) is 19.8 Å². The largest absolute Gasteiger partial charge is 0.468 e. The van der Waals surface area contributed by atoms with E-state index in [1.54, 1.807) is 7.05 Å². The second kappa shape index (κ2) is 8.23. The molecule has 0 aromatic heterocycles. The van der Waals surface area contributed by atoms with Crippen LogP contribution in [0, 0.1) is 0 Å². The second-order valence-corrected chi connectivity index (χ2v) is 3.19. The molecule has 0 saturated heterocycles. The van der Waals surface area contributed by atoms with Gasteiger partial charge in [0.05, 0.1) is 20.1 Å². The molecule has 0 spiro atoms. The first kappa shape index (κ1) is 13.9. The lowest BCUT2D eigenvalue weighted by atomic mass is 10.4. The van der Waals surface area contributed by atoms with Crippen molar-refractivity contribution in [1.82, 2.24) is 4.90 Å². The summed E-state index contributed by atoms with van der Waals surface area (Å²) in [7, 11) is 2.87. The molecule has 0 fully saturated rings. The molecule has 0 aliphatic carbocycles. The van der Waals surface area contributed by atoms with Crippen LogP contribution in [-0.4, -0.2) is 50.7 Å². The van der Waals surface area contributed by atoms with Gasteiger partial charge in [-0.2, -0.15) is 0 Å². The molecule has 5 nitrogen and oxygen atoms in total. The van der Waals surface area contributed by atoms with Crippen LogP contribution in [0.2, 0.25) is 0 Å². The van der Waals surface area contributed by atoms with Crippen LogP contribution in [0.1, 0.15) is 19.8 Å². The number of amides is 1. The van der Waals surface area contributed by atoms with Crippen LogP contribution in [0.4, 0.5) is 0 Å². The Bertz CT molecular complexity index is 206. The van der Waals surface area contributed by atoms with Gasteiger partial charge in [0.2, 0.25) is 5.91 Å². The minimum Gasteiger partial charge on any atom is -0.468 e. The normalized spacial score (nSPS) is 9.80. The molecule has 0 aliphatic rings. The summed E-state index contributed by atoms with van der Waals surface area (Å²) in [6, 6.07) is 0.